The van der Waals surface area contributed by atoms with Crippen LogP contribution in [0.3, 0.4) is 0 Å². The molecule has 0 unspecified atom stereocenters. The number of benzene rings is 2. The number of aromatic amines is 2. The van der Waals surface area contributed by atoms with Crippen molar-refractivity contribution in [3.8, 4) is 0 Å². The highest BCUT2D eigenvalue weighted by Gasteiger charge is 2.15. The summed E-state index contributed by atoms with van der Waals surface area (Å²) in [5.74, 6) is -1.53. The number of carbonyl (C=O) groups excluding carboxylic acids is 2. The Balaban J connectivity index is 1.52. The first-order valence-corrected chi connectivity index (χ1v) is 8.74. The van der Waals surface area contributed by atoms with Gasteiger partial charge in [0.15, 0.2) is 5.69 Å². The van der Waals surface area contributed by atoms with E-state index in [1.807, 2.05) is 0 Å². The van der Waals surface area contributed by atoms with Crippen molar-refractivity contribution >= 4 is 33.4 Å². The van der Waals surface area contributed by atoms with Gasteiger partial charge in [-0.1, -0.05) is 30.3 Å². The predicted octanol–water partition coefficient (Wildman–Crippen LogP) is -0.612. The van der Waals surface area contributed by atoms with Gasteiger partial charge >= 0.3 is 0 Å². The van der Waals surface area contributed by atoms with E-state index < -0.39 is 35.0 Å². The lowest BCUT2D eigenvalue weighted by molar-refractivity contribution is -0.122. The topological polar surface area (TPSA) is 159 Å². The molecule has 0 saturated carbocycles. The second-order valence-electron chi connectivity index (χ2n) is 6.33. The van der Waals surface area contributed by atoms with Gasteiger partial charge in [0.2, 0.25) is 0 Å². The zero-order valence-electron chi connectivity index (χ0n) is 15.3. The molecular formula is C19H14N6O5. The van der Waals surface area contributed by atoms with Crippen molar-refractivity contribution in [1.82, 2.24) is 30.8 Å². The third kappa shape index (κ3) is 3.35. The largest absolute Gasteiger partial charge is 0.290 e. The second kappa shape index (κ2) is 7.47. The van der Waals surface area contributed by atoms with Gasteiger partial charge in [-0.2, -0.15) is 5.10 Å². The Hall–Kier alpha value is -4.54. The van der Waals surface area contributed by atoms with E-state index in [1.165, 1.54) is 18.2 Å². The summed E-state index contributed by atoms with van der Waals surface area (Å²) in [7, 11) is 0. The quantitative estimate of drug-likeness (QED) is 0.332. The monoisotopic (exact) mass is 406 g/mol. The molecule has 150 valence electrons. The molecule has 0 aliphatic rings. The standard InChI is InChI=1S/C19H14N6O5/c26-14(9-25-19(30)13-8-4-3-7-12(13)17(28)24-25)20-23-18(29)15-10-5-1-2-6-11(10)16(27)22-21-15/h1-8H,9H2,(H,20,26)(H,22,27)(H,23,29)(H,24,28). The van der Waals surface area contributed by atoms with Gasteiger partial charge < -0.3 is 0 Å². The Labute approximate surface area is 166 Å². The van der Waals surface area contributed by atoms with Crippen molar-refractivity contribution in [3.05, 3.63) is 85.3 Å². The first kappa shape index (κ1) is 18.8. The van der Waals surface area contributed by atoms with E-state index in [2.05, 4.69) is 26.1 Å². The van der Waals surface area contributed by atoms with E-state index in [-0.39, 0.29) is 21.9 Å². The number of hydrogen-bond acceptors (Lipinski definition) is 6. The Morgan fingerprint density at radius 2 is 1.43 bits per heavy atom. The highest BCUT2D eigenvalue weighted by atomic mass is 16.2. The summed E-state index contributed by atoms with van der Waals surface area (Å²) in [6.45, 7) is -0.529. The summed E-state index contributed by atoms with van der Waals surface area (Å²) in [5.41, 5.74) is 2.70. The van der Waals surface area contributed by atoms with Crippen LogP contribution < -0.4 is 27.5 Å². The van der Waals surface area contributed by atoms with Crippen molar-refractivity contribution < 1.29 is 9.59 Å². The molecule has 0 atom stereocenters. The molecule has 4 rings (SSSR count). The minimum Gasteiger partial charge on any atom is -0.271 e. The number of hydrazine groups is 1. The first-order valence-electron chi connectivity index (χ1n) is 8.74. The average molecular weight is 406 g/mol. The molecule has 0 bridgehead atoms. The molecule has 11 nitrogen and oxygen atoms in total. The number of hydrogen-bond donors (Lipinski definition) is 4. The fraction of sp³-hybridized carbons (Fsp3) is 0.0526. The van der Waals surface area contributed by atoms with Gasteiger partial charge in [-0.15, -0.1) is 0 Å². The van der Waals surface area contributed by atoms with Crippen LogP contribution in [0.5, 0.6) is 0 Å². The van der Waals surface area contributed by atoms with E-state index in [4.69, 9.17) is 0 Å². The van der Waals surface area contributed by atoms with Crippen LogP contribution in [-0.2, 0) is 11.3 Å². The van der Waals surface area contributed by atoms with Gasteiger partial charge in [-0.25, -0.2) is 9.78 Å². The number of nitrogens with zero attached hydrogens (tertiary/aromatic N) is 2. The van der Waals surface area contributed by atoms with Crippen molar-refractivity contribution in [2.45, 2.75) is 6.54 Å². The maximum atomic E-state index is 12.4. The summed E-state index contributed by atoms with van der Waals surface area (Å²) >= 11 is 0. The number of aromatic nitrogens is 4. The van der Waals surface area contributed by atoms with Gasteiger partial charge in [-0.3, -0.25) is 39.9 Å². The van der Waals surface area contributed by atoms with Crippen LogP contribution in [0.4, 0.5) is 0 Å². The molecule has 0 aliphatic carbocycles. The molecule has 4 N–H and O–H groups in total. The molecule has 30 heavy (non-hydrogen) atoms. The number of carbonyl (C=O) groups is 2. The van der Waals surface area contributed by atoms with Gasteiger partial charge in [0.1, 0.15) is 6.54 Å². The molecule has 2 aromatic heterocycles. The number of rotatable bonds is 3. The number of nitrogens with one attached hydrogen (secondary N) is 4. The van der Waals surface area contributed by atoms with Crippen LogP contribution in [0.25, 0.3) is 21.5 Å². The third-order valence-electron chi connectivity index (χ3n) is 4.41. The molecule has 0 radical (unpaired) electrons. The fourth-order valence-electron chi connectivity index (χ4n) is 3.01. The summed E-state index contributed by atoms with van der Waals surface area (Å²) in [6, 6.07) is 12.6. The molecule has 0 aliphatic heterocycles. The first-order chi connectivity index (χ1) is 14.5. The lowest BCUT2D eigenvalue weighted by Crippen LogP contribution is -2.45. The molecule has 4 aromatic rings. The number of amides is 2. The molecule has 2 heterocycles. The molecule has 11 heteroatoms. The predicted molar refractivity (Wildman–Crippen MR) is 107 cm³/mol. The zero-order valence-corrected chi connectivity index (χ0v) is 15.3. The average Bonchev–Trinajstić information content (AvgIpc) is 2.76. The smallest absolute Gasteiger partial charge is 0.271 e. The van der Waals surface area contributed by atoms with Gasteiger partial charge in [-0.05, 0) is 18.2 Å². The molecule has 2 amide bonds. The maximum Gasteiger partial charge on any atom is 0.290 e. The van der Waals surface area contributed by atoms with Crippen molar-refractivity contribution in [2.75, 3.05) is 0 Å². The fourth-order valence-corrected chi connectivity index (χ4v) is 3.01. The van der Waals surface area contributed by atoms with Crippen molar-refractivity contribution in [1.29, 1.82) is 0 Å². The van der Waals surface area contributed by atoms with Crippen molar-refractivity contribution in [2.24, 2.45) is 0 Å². The normalized spacial score (nSPS) is 10.8. The Morgan fingerprint density at radius 1 is 0.833 bits per heavy atom. The SMILES string of the molecule is O=C(Cn1[nH]c(=O)c2ccccc2c1=O)NNC(=O)c1n[nH]c(=O)c2ccccc12. The summed E-state index contributed by atoms with van der Waals surface area (Å²) < 4.78 is 0.847. The molecule has 0 spiro atoms. The van der Waals surface area contributed by atoms with Crippen LogP contribution in [0.15, 0.2) is 62.9 Å². The minimum atomic E-state index is -0.768. The van der Waals surface area contributed by atoms with Crippen molar-refractivity contribution in [3.63, 3.8) is 0 Å². The second-order valence-corrected chi connectivity index (χ2v) is 6.33. The van der Waals surface area contributed by atoms with E-state index in [9.17, 15) is 24.0 Å². The number of fused-ring (bicyclic) bond motifs is 2. The lowest BCUT2D eigenvalue weighted by Gasteiger charge is -2.10. The Morgan fingerprint density at radius 3 is 2.13 bits per heavy atom. The Kier molecular flexibility index (Phi) is 4.68. The van der Waals surface area contributed by atoms with Gasteiger partial charge in [0.05, 0.1) is 16.2 Å². The highest BCUT2D eigenvalue weighted by molar-refractivity contribution is 6.05. The van der Waals surface area contributed by atoms with Crippen LogP contribution in [0.2, 0.25) is 0 Å². The summed E-state index contributed by atoms with van der Waals surface area (Å²) in [5, 5.41) is 9.22. The van der Waals surface area contributed by atoms with E-state index >= 15 is 0 Å². The van der Waals surface area contributed by atoms with E-state index in [0.29, 0.717) is 5.39 Å². The summed E-state index contributed by atoms with van der Waals surface area (Å²) in [6.07, 6.45) is 0. The van der Waals surface area contributed by atoms with Crippen LogP contribution in [0, 0.1) is 0 Å². The van der Waals surface area contributed by atoms with E-state index in [1.54, 1.807) is 30.3 Å². The maximum absolute atomic E-state index is 12.4. The van der Waals surface area contributed by atoms with E-state index in [0.717, 1.165) is 4.68 Å². The third-order valence-corrected chi connectivity index (χ3v) is 4.41. The van der Waals surface area contributed by atoms with Gasteiger partial charge in [0.25, 0.3) is 28.5 Å². The van der Waals surface area contributed by atoms with Crippen LogP contribution in [0.1, 0.15) is 10.5 Å². The Bertz CT molecular complexity index is 1480. The minimum absolute atomic E-state index is 0.0956. The number of H-pyrrole nitrogens is 2. The molecule has 0 saturated heterocycles. The molecule has 2 aromatic carbocycles. The lowest BCUT2D eigenvalue weighted by atomic mass is 10.1. The van der Waals surface area contributed by atoms with Crippen LogP contribution in [-0.4, -0.2) is 31.8 Å². The molecular weight excluding hydrogens is 392 g/mol. The zero-order chi connectivity index (χ0) is 21.3. The summed E-state index contributed by atoms with van der Waals surface area (Å²) in [4.78, 5) is 60.9. The highest BCUT2D eigenvalue weighted by Crippen LogP contribution is 2.11. The van der Waals surface area contributed by atoms with Gasteiger partial charge in [0, 0.05) is 5.39 Å². The van der Waals surface area contributed by atoms with Crippen LogP contribution >= 0.6 is 0 Å². The molecule has 0 fully saturated rings.